The van der Waals surface area contributed by atoms with Gasteiger partial charge in [-0.15, -0.1) is 0 Å². The third kappa shape index (κ3) is 2.84. The Bertz CT molecular complexity index is 433. The second kappa shape index (κ2) is 5.01. The van der Waals surface area contributed by atoms with Gasteiger partial charge in [0.15, 0.2) is 0 Å². The molecule has 18 heavy (non-hydrogen) atoms. The van der Waals surface area contributed by atoms with E-state index in [-0.39, 0.29) is 17.3 Å². The molecule has 3 rings (SSSR count). The first kappa shape index (κ1) is 12.9. The summed E-state index contributed by atoms with van der Waals surface area (Å²) in [5.74, 6) is 1.27. The lowest BCUT2D eigenvalue weighted by Gasteiger charge is -2.14. The normalized spacial score (nSPS) is 19.1. The Kier molecular flexibility index (Phi) is 3.60. The molecule has 1 saturated carbocycles. The highest BCUT2D eigenvalue weighted by Gasteiger charge is 2.31. The van der Waals surface area contributed by atoms with Gasteiger partial charge in [-0.2, -0.15) is 0 Å². The molecule has 0 aromatic heterocycles. The maximum atomic E-state index is 10.4. The van der Waals surface area contributed by atoms with Crippen molar-refractivity contribution < 1.29 is 14.3 Å². The van der Waals surface area contributed by atoms with E-state index >= 15 is 0 Å². The van der Waals surface area contributed by atoms with Crippen molar-refractivity contribution in [3.63, 3.8) is 0 Å². The van der Waals surface area contributed by atoms with Gasteiger partial charge < -0.3 is 9.47 Å². The highest BCUT2D eigenvalue weighted by atomic mass is 16.5. The molecule has 1 aromatic carbocycles. The third-order valence-corrected chi connectivity index (χ3v) is 3.32. The number of carbonyl (C=O) groups is 1. The molecule has 1 aromatic rings. The number of fused-ring (bicyclic) bond motifs is 1. The highest BCUT2D eigenvalue weighted by molar-refractivity contribution is 5.74. The first-order valence-corrected chi connectivity index (χ1v) is 6.35. The lowest BCUT2D eigenvalue weighted by atomic mass is 9.87. The molecule has 0 spiro atoms. The van der Waals surface area contributed by atoms with Crippen LogP contribution in [0.1, 0.15) is 32.3 Å². The minimum atomic E-state index is -0.0417. The largest absolute Gasteiger partial charge is 0.492 e. The number of benzene rings is 1. The summed E-state index contributed by atoms with van der Waals surface area (Å²) in [7, 11) is 1.43. The molecule has 0 bridgehead atoms. The summed E-state index contributed by atoms with van der Waals surface area (Å²) in [6.45, 7) is 5.23. The first-order chi connectivity index (χ1) is 8.54. The van der Waals surface area contributed by atoms with Gasteiger partial charge in [-0.05, 0) is 18.9 Å². The second-order valence-corrected chi connectivity index (χ2v) is 5.47. The number of esters is 1. The van der Waals surface area contributed by atoms with Gasteiger partial charge in [0, 0.05) is 11.0 Å². The molecule has 2 aliphatic rings. The van der Waals surface area contributed by atoms with Gasteiger partial charge in [0.2, 0.25) is 0 Å². The van der Waals surface area contributed by atoms with Crippen molar-refractivity contribution in [2.75, 3.05) is 13.7 Å². The maximum absolute atomic E-state index is 10.4. The average Bonchev–Trinajstić information content (AvgIpc) is 3.17. The molecule has 0 N–H and O–H groups in total. The van der Waals surface area contributed by atoms with E-state index in [1.54, 1.807) is 0 Å². The molecular formula is C15H20O3. The van der Waals surface area contributed by atoms with Crippen LogP contribution in [0.25, 0.3) is 0 Å². The Morgan fingerprint density at radius 3 is 2.50 bits per heavy atom. The maximum Gasteiger partial charge on any atom is 0.308 e. The van der Waals surface area contributed by atoms with Gasteiger partial charge in [-0.3, -0.25) is 4.79 Å². The van der Waals surface area contributed by atoms with Gasteiger partial charge in [0.05, 0.1) is 19.6 Å². The zero-order valence-electron chi connectivity index (χ0n) is 11.2. The van der Waals surface area contributed by atoms with Crippen molar-refractivity contribution in [1.82, 2.24) is 0 Å². The van der Waals surface area contributed by atoms with Crippen molar-refractivity contribution in [2.24, 2.45) is 5.92 Å². The molecule has 0 radical (unpaired) electrons. The highest BCUT2D eigenvalue weighted by Crippen LogP contribution is 2.37. The minimum Gasteiger partial charge on any atom is -0.492 e. The van der Waals surface area contributed by atoms with Crippen molar-refractivity contribution in [3.05, 3.63) is 29.8 Å². The van der Waals surface area contributed by atoms with Crippen LogP contribution in [0, 0.1) is 5.92 Å². The molecule has 98 valence electrons. The van der Waals surface area contributed by atoms with Crippen molar-refractivity contribution in [2.45, 2.75) is 32.1 Å². The van der Waals surface area contributed by atoms with Gasteiger partial charge in [0.25, 0.3) is 0 Å². The summed E-state index contributed by atoms with van der Waals surface area (Å²) in [4.78, 5) is 10.4. The predicted octanol–water partition coefficient (Wildman–Crippen LogP) is 2.93. The standard InChI is InChI=1S/C10H12O.C5H8O2/c1-10(2)7-11-9-6-4-3-5-8(9)10;1-7-5(6)4-2-3-4/h3-6H,7H2,1-2H3;4H,2-3H2,1H3. The van der Waals surface area contributed by atoms with Gasteiger partial charge >= 0.3 is 5.97 Å². The summed E-state index contributed by atoms with van der Waals surface area (Å²) >= 11 is 0. The van der Waals surface area contributed by atoms with Crippen LogP contribution in [-0.4, -0.2) is 19.7 Å². The average molecular weight is 248 g/mol. The summed E-state index contributed by atoms with van der Waals surface area (Å²) in [5.41, 5.74) is 1.54. The summed E-state index contributed by atoms with van der Waals surface area (Å²) < 4.78 is 9.95. The number of para-hydroxylation sites is 1. The Labute approximate surface area is 108 Å². The molecule has 1 aliphatic carbocycles. The van der Waals surface area contributed by atoms with Crippen LogP contribution in [-0.2, 0) is 14.9 Å². The van der Waals surface area contributed by atoms with E-state index in [1.807, 2.05) is 12.1 Å². The second-order valence-electron chi connectivity index (χ2n) is 5.47. The molecule has 0 amide bonds. The summed E-state index contributed by atoms with van der Waals surface area (Å²) in [6, 6.07) is 8.25. The third-order valence-electron chi connectivity index (χ3n) is 3.32. The van der Waals surface area contributed by atoms with E-state index in [4.69, 9.17) is 4.74 Å². The van der Waals surface area contributed by atoms with Crippen molar-refractivity contribution in [1.29, 1.82) is 0 Å². The topological polar surface area (TPSA) is 35.5 Å². The van der Waals surface area contributed by atoms with Gasteiger partial charge in [-0.1, -0.05) is 32.0 Å². The number of hydrogen-bond donors (Lipinski definition) is 0. The fourth-order valence-corrected chi connectivity index (χ4v) is 1.97. The van der Waals surface area contributed by atoms with E-state index in [1.165, 1.54) is 12.7 Å². The van der Waals surface area contributed by atoms with Crippen LogP contribution in [0.5, 0.6) is 5.75 Å². The van der Waals surface area contributed by atoms with E-state index < -0.39 is 0 Å². The SMILES string of the molecule is CC1(C)COc2ccccc21.COC(=O)C1CC1. The summed E-state index contributed by atoms with van der Waals surface area (Å²) in [6.07, 6.45) is 2.07. The number of carbonyl (C=O) groups excluding carboxylic acids is 1. The van der Waals surface area contributed by atoms with Gasteiger partial charge in [-0.25, -0.2) is 0 Å². The van der Waals surface area contributed by atoms with Crippen LogP contribution >= 0.6 is 0 Å². The number of ether oxygens (including phenoxy) is 2. The van der Waals surface area contributed by atoms with Crippen molar-refractivity contribution in [3.8, 4) is 5.75 Å². The number of rotatable bonds is 1. The Balaban J connectivity index is 0.000000149. The zero-order chi connectivity index (χ0) is 13.2. The van der Waals surface area contributed by atoms with E-state index in [2.05, 4.69) is 30.7 Å². The Hall–Kier alpha value is -1.51. The molecule has 3 heteroatoms. The molecular weight excluding hydrogens is 228 g/mol. The molecule has 1 fully saturated rings. The number of hydrogen-bond acceptors (Lipinski definition) is 3. The molecule has 1 heterocycles. The fraction of sp³-hybridized carbons (Fsp3) is 0.533. The monoisotopic (exact) mass is 248 g/mol. The smallest absolute Gasteiger partial charge is 0.308 e. The van der Waals surface area contributed by atoms with Crippen molar-refractivity contribution >= 4 is 5.97 Å². The quantitative estimate of drug-likeness (QED) is 0.717. The molecule has 0 atom stereocenters. The van der Waals surface area contributed by atoms with Crippen LogP contribution in [0.3, 0.4) is 0 Å². The Morgan fingerprint density at radius 1 is 1.33 bits per heavy atom. The minimum absolute atomic E-state index is 0.0417. The molecule has 0 unspecified atom stereocenters. The lowest BCUT2D eigenvalue weighted by molar-refractivity contribution is -0.142. The molecule has 3 nitrogen and oxygen atoms in total. The van der Waals surface area contributed by atoms with E-state index in [9.17, 15) is 4.79 Å². The molecule has 0 saturated heterocycles. The van der Waals surface area contributed by atoms with E-state index in [0.717, 1.165) is 25.2 Å². The molecule has 1 aliphatic heterocycles. The predicted molar refractivity (Wildman–Crippen MR) is 69.7 cm³/mol. The van der Waals surface area contributed by atoms with Crippen LogP contribution < -0.4 is 4.74 Å². The number of methoxy groups -OCH3 is 1. The Morgan fingerprint density at radius 2 is 2.00 bits per heavy atom. The van der Waals surface area contributed by atoms with Crippen LogP contribution in [0.2, 0.25) is 0 Å². The fourth-order valence-electron chi connectivity index (χ4n) is 1.97. The summed E-state index contributed by atoms with van der Waals surface area (Å²) in [5, 5.41) is 0. The van der Waals surface area contributed by atoms with Crippen LogP contribution in [0.15, 0.2) is 24.3 Å². The lowest BCUT2D eigenvalue weighted by Crippen LogP contribution is -2.18. The van der Waals surface area contributed by atoms with Crippen LogP contribution in [0.4, 0.5) is 0 Å². The first-order valence-electron chi connectivity index (χ1n) is 6.35. The van der Waals surface area contributed by atoms with Gasteiger partial charge in [0.1, 0.15) is 5.75 Å². The van der Waals surface area contributed by atoms with E-state index in [0.29, 0.717) is 0 Å². The zero-order valence-corrected chi connectivity index (χ0v) is 11.2.